The number of H-pyrrole nitrogens is 1. The first-order valence-electron chi connectivity index (χ1n) is 5.24. The van der Waals surface area contributed by atoms with Crippen LogP contribution in [0.4, 0.5) is 0 Å². The van der Waals surface area contributed by atoms with Gasteiger partial charge in [-0.25, -0.2) is 9.97 Å². The lowest BCUT2D eigenvalue weighted by Crippen LogP contribution is -2.21. The fraction of sp³-hybridized carbons (Fsp3) is 0.455. The molecule has 0 aromatic carbocycles. The summed E-state index contributed by atoms with van der Waals surface area (Å²) in [6.07, 6.45) is 4.30. The van der Waals surface area contributed by atoms with E-state index in [1.807, 2.05) is 6.20 Å². The molecular weight excluding hydrogens is 224 g/mol. The monoisotopic (exact) mass is 238 g/mol. The van der Waals surface area contributed by atoms with Gasteiger partial charge in [-0.2, -0.15) is 0 Å². The Kier molecular flexibility index (Phi) is 2.86. The lowest BCUT2D eigenvalue weighted by atomic mass is 9.82. The van der Waals surface area contributed by atoms with Gasteiger partial charge in [0.25, 0.3) is 0 Å². The van der Waals surface area contributed by atoms with E-state index in [0.29, 0.717) is 11.7 Å². The number of aromatic amines is 1. The van der Waals surface area contributed by atoms with Gasteiger partial charge in [-0.05, 0) is 23.9 Å². The summed E-state index contributed by atoms with van der Waals surface area (Å²) < 4.78 is 0. The largest absolute Gasteiger partial charge is 0.346 e. The highest BCUT2D eigenvalue weighted by molar-refractivity contribution is 6.34. The first kappa shape index (κ1) is 11.4. The molecule has 0 amide bonds. The van der Waals surface area contributed by atoms with Crippen LogP contribution in [-0.2, 0) is 5.41 Å². The summed E-state index contributed by atoms with van der Waals surface area (Å²) in [4.78, 5) is 11.3. The van der Waals surface area contributed by atoms with Crippen LogP contribution >= 0.6 is 11.6 Å². The van der Waals surface area contributed by atoms with Crippen LogP contribution in [0.25, 0.3) is 11.0 Å². The quantitative estimate of drug-likeness (QED) is 0.806. The van der Waals surface area contributed by atoms with E-state index < -0.39 is 0 Å². The van der Waals surface area contributed by atoms with Crippen LogP contribution in [0.5, 0.6) is 0 Å². The number of fused-ring (bicyclic) bond motifs is 1. The van der Waals surface area contributed by atoms with Gasteiger partial charge >= 0.3 is 0 Å². The summed E-state index contributed by atoms with van der Waals surface area (Å²) in [6, 6.07) is 0. The molecule has 0 aliphatic heterocycles. The van der Waals surface area contributed by atoms with Crippen molar-refractivity contribution in [2.24, 2.45) is 5.73 Å². The molecule has 5 heteroatoms. The maximum atomic E-state index is 6.11. The lowest BCUT2D eigenvalue weighted by molar-refractivity contribution is 0.491. The van der Waals surface area contributed by atoms with Gasteiger partial charge in [-0.3, -0.25) is 0 Å². The predicted molar refractivity (Wildman–Crippen MR) is 65.6 cm³/mol. The van der Waals surface area contributed by atoms with Crippen molar-refractivity contribution in [3.63, 3.8) is 0 Å². The van der Waals surface area contributed by atoms with E-state index in [9.17, 15) is 0 Å². The number of nitrogens with one attached hydrogen (secondary N) is 1. The zero-order chi connectivity index (χ0) is 11.8. The molecule has 3 N–H and O–H groups in total. The van der Waals surface area contributed by atoms with Crippen LogP contribution in [0, 0.1) is 0 Å². The van der Waals surface area contributed by atoms with E-state index in [1.54, 1.807) is 0 Å². The van der Waals surface area contributed by atoms with Gasteiger partial charge in [0, 0.05) is 6.20 Å². The highest BCUT2D eigenvalue weighted by Gasteiger charge is 2.25. The van der Waals surface area contributed by atoms with Gasteiger partial charge in [0.15, 0.2) is 0 Å². The minimum Gasteiger partial charge on any atom is -0.346 e. The summed E-state index contributed by atoms with van der Waals surface area (Å²) in [5.74, 6) is 0. The molecule has 4 nitrogen and oxygen atoms in total. The minimum atomic E-state index is -0.0264. The average Bonchev–Trinajstić information content (AvgIpc) is 2.63. The molecule has 0 aliphatic rings. The smallest absolute Gasteiger partial charge is 0.142 e. The Morgan fingerprint density at radius 3 is 2.88 bits per heavy atom. The lowest BCUT2D eigenvalue weighted by Gasteiger charge is -2.23. The number of rotatable bonds is 3. The van der Waals surface area contributed by atoms with E-state index in [4.69, 9.17) is 17.3 Å². The molecular formula is C11H15ClN4. The third-order valence-electron chi connectivity index (χ3n) is 2.92. The molecule has 0 saturated heterocycles. The Hall–Kier alpha value is -1.13. The number of nitrogens with zero attached hydrogens (tertiary/aromatic N) is 2. The van der Waals surface area contributed by atoms with Gasteiger partial charge in [0.05, 0.1) is 5.39 Å². The van der Waals surface area contributed by atoms with Crippen LogP contribution in [0.2, 0.25) is 5.15 Å². The second kappa shape index (κ2) is 4.03. The van der Waals surface area contributed by atoms with Crippen molar-refractivity contribution in [3.05, 3.63) is 23.2 Å². The first-order chi connectivity index (χ1) is 7.56. The van der Waals surface area contributed by atoms with Crippen molar-refractivity contribution in [1.82, 2.24) is 15.0 Å². The molecule has 0 unspecified atom stereocenters. The van der Waals surface area contributed by atoms with Crippen molar-refractivity contribution >= 4 is 22.6 Å². The van der Waals surface area contributed by atoms with Gasteiger partial charge in [0.1, 0.15) is 17.1 Å². The normalized spacial score (nSPS) is 12.2. The van der Waals surface area contributed by atoms with E-state index in [1.165, 1.54) is 6.33 Å². The van der Waals surface area contributed by atoms with Crippen LogP contribution in [0.3, 0.4) is 0 Å². The Labute approximate surface area is 99.2 Å². The van der Waals surface area contributed by atoms with Crippen LogP contribution in [0.1, 0.15) is 25.8 Å². The molecule has 0 fully saturated rings. The predicted octanol–water partition coefficient (Wildman–Crippen LogP) is 2.24. The second-order valence-corrected chi connectivity index (χ2v) is 4.87. The van der Waals surface area contributed by atoms with Crippen LogP contribution in [0.15, 0.2) is 12.5 Å². The van der Waals surface area contributed by atoms with E-state index in [-0.39, 0.29) is 5.41 Å². The van der Waals surface area contributed by atoms with Crippen molar-refractivity contribution < 1.29 is 0 Å². The maximum Gasteiger partial charge on any atom is 0.142 e. The first-order valence-corrected chi connectivity index (χ1v) is 5.62. The Morgan fingerprint density at radius 2 is 2.19 bits per heavy atom. The van der Waals surface area contributed by atoms with Gasteiger partial charge < -0.3 is 10.7 Å². The highest BCUT2D eigenvalue weighted by atomic mass is 35.5. The Bertz CT molecular complexity index is 504. The number of hydrogen-bond acceptors (Lipinski definition) is 3. The standard InChI is InChI=1S/C11H15ClN4/c1-11(2,3-4-13)7-5-14-10-8(7)9(12)15-6-16-10/h5-6H,3-4,13H2,1-2H3,(H,14,15,16). The molecule has 86 valence electrons. The third kappa shape index (κ3) is 1.79. The molecule has 2 heterocycles. The van der Waals surface area contributed by atoms with Crippen LogP contribution in [-0.4, -0.2) is 21.5 Å². The number of halogens is 1. The van der Waals surface area contributed by atoms with E-state index in [0.717, 1.165) is 23.0 Å². The second-order valence-electron chi connectivity index (χ2n) is 4.51. The summed E-state index contributed by atoms with van der Waals surface area (Å²) >= 11 is 6.11. The molecule has 0 radical (unpaired) electrons. The summed E-state index contributed by atoms with van der Waals surface area (Å²) in [6.45, 7) is 4.93. The molecule has 2 aromatic heterocycles. The summed E-state index contributed by atoms with van der Waals surface area (Å²) in [5.41, 5.74) is 7.50. The van der Waals surface area contributed by atoms with Crippen molar-refractivity contribution in [2.75, 3.05) is 6.54 Å². The van der Waals surface area contributed by atoms with Crippen molar-refractivity contribution in [1.29, 1.82) is 0 Å². The average molecular weight is 239 g/mol. The number of nitrogens with two attached hydrogens (primary N) is 1. The zero-order valence-electron chi connectivity index (χ0n) is 9.42. The van der Waals surface area contributed by atoms with Gasteiger partial charge in [0.2, 0.25) is 0 Å². The van der Waals surface area contributed by atoms with Crippen LogP contribution < -0.4 is 5.73 Å². The molecule has 0 atom stereocenters. The molecule has 2 aromatic rings. The zero-order valence-corrected chi connectivity index (χ0v) is 10.2. The molecule has 16 heavy (non-hydrogen) atoms. The Balaban J connectivity index is 2.61. The highest BCUT2D eigenvalue weighted by Crippen LogP contribution is 2.34. The topological polar surface area (TPSA) is 67.6 Å². The van der Waals surface area contributed by atoms with Crippen molar-refractivity contribution in [3.8, 4) is 0 Å². The molecule has 0 bridgehead atoms. The SMILES string of the molecule is CC(C)(CCN)c1c[nH]c2ncnc(Cl)c12. The number of aromatic nitrogens is 3. The number of hydrogen-bond donors (Lipinski definition) is 2. The molecule has 0 saturated carbocycles. The van der Waals surface area contributed by atoms with Gasteiger partial charge in [-0.15, -0.1) is 0 Å². The van der Waals surface area contributed by atoms with E-state index in [2.05, 4.69) is 28.8 Å². The van der Waals surface area contributed by atoms with Gasteiger partial charge in [-0.1, -0.05) is 25.4 Å². The molecule has 0 spiro atoms. The molecule has 2 rings (SSSR count). The Morgan fingerprint density at radius 1 is 1.44 bits per heavy atom. The maximum absolute atomic E-state index is 6.11. The fourth-order valence-electron chi connectivity index (χ4n) is 1.95. The summed E-state index contributed by atoms with van der Waals surface area (Å²) in [7, 11) is 0. The third-order valence-corrected chi connectivity index (χ3v) is 3.21. The molecule has 0 aliphatic carbocycles. The fourth-order valence-corrected chi connectivity index (χ4v) is 2.19. The minimum absolute atomic E-state index is 0.0264. The van der Waals surface area contributed by atoms with Crippen molar-refractivity contribution in [2.45, 2.75) is 25.7 Å². The summed E-state index contributed by atoms with van der Waals surface area (Å²) in [5, 5.41) is 1.40. The van der Waals surface area contributed by atoms with E-state index >= 15 is 0 Å².